The van der Waals surface area contributed by atoms with Crippen LogP contribution in [-0.2, 0) is 0 Å². The van der Waals surface area contributed by atoms with Crippen LogP contribution in [-0.4, -0.2) is 28.4 Å². The fraction of sp³-hybridized carbons (Fsp3) is 0.381. The lowest BCUT2D eigenvalue weighted by atomic mass is 9.83. The summed E-state index contributed by atoms with van der Waals surface area (Å²) in [5, 5.41) is 3.69. The van der Waals surface area contributed by atoms with Crippen molar-refractivity contribution in [2.24, 2.45) is 10.4 Å². The molecule has 3 rings (SSSR count). The molecule has 0 spiro atoms. The van der Waals surface area contributed by atoms with E-state index in [1.54, 1.807) is 18.5 Å². The van der Waals surface area contributed by atoms with Crippen molar-refractivity contribution in [2.45, 2.75) is 46.7 Å². The Hall–Kier alpha value is -2.89. The summed E-state index contributed by atoms with van der Waals surface area (Å²) in [6, 6.07) is 5.75. The summed E-state index contributed by atoms with van der Waals surface area (Å²) < 4.78 is 0. The first-order valence-corrected chi connectivity index (χ1v) is 9.06. The molecule has 0 fully saturated rings. The Kier molecular flexibility index (Phi) is 4.91. The van der Waals surface area contributed by atoms with Gasteiger partial charge in [0, 0.05) is 0 Å². The minimum Gasteiger partial charge on any atom is -0.371 e. The second kappa shape index (κ2) is 7.02. The van der Waals surface area contributed by atoms with Crippen molar-refractivity contribution in [3.63, 3.8) is 0 Å². The molecule has 27 heavy (non-hydrogen) atoms. The number of rotatable bonds is 2. The van der Waals surface area contributed by atoms with Crippen molar-refractivity contribution < 1.29 is 0 Å². The molecule has 6 heteroatoms. The summed E-state index contributed by atoms with van der Waals surface area (Å²) in [4.78, 5) is 34.7. The fourth-order valence-electron chi connectivity index (χ4n) is 3.20. The van der Waals surface area contributed by atoms with E-state index in [0.717, 1.165) is 11.1 Å². The molecule has 2 aromatic rings. The first kappa shape index (κ1) is 18.9. The van der Waals surface area contributed by atoms with Gasteiger partial charge in [0.05, 0.1) is 18.4 Å². The van der Waals surface area contributed by atoms with E-state index >= 15 is 0 Å². The van der Waals surface area contributed by atoms with Gasteiger partial charge in [-0.3, -0.25) is 14.6 Å². The molecule has 2 unspecified atom stereocenters. The summed E-state index contributed by atoms with van der Waals surface area (Å²) in [6.07, 6.45) is 5.06. The Morgan fingerprint density at radius 3 is 2.33 bits per heavy atom. The number of aromatic amines is 2. The maximum Gasteiger partial charge on any atom is 0.272 e. The van der Waals surface area contributed by atoms with Gasteiger partial charge in [0.25, 0.3) is 11.1 Å². The van der Waals surface area contributed by atoms with Gasteiger partial charge in [-0.2, -0.15) is 0 Å². The second-order valence-electron chi connectivity index (χ2n) is 8.17. The zero-order chi connectivity index (χ0) is 19.8. The molecule has 0 bridgehead atoms. The van der Waals surface area contributed by atoms with Crippen LogP contribution >= 0.6 is 0 Å². The average Bonchev–Trinajstić information content (AvgIpc) is 3.04. The topological polar surface area (TPSA) is 90.1 Å². The van der Waals surface area contributed by atoms with E-state index in [1.807, 2.05) is 32.0 Å². The van der Waals surface area contributed by atoms with Crippen LogP contribution in [0.2, 0.25) is 0 Å². The Labute approximate surface area is 157 Å². The summed E-state index contributed by atoms with van der Waals surface area (Å²) in [6.45, 7) is 10.4. The van der Waals surface area contributed by atoms with E-state index in [-0.39, 0.29) is 39.3 Å². The van der Waals surface area contributed by atoms with Crippen molar-refractivity contribution >= 4 is 18.5 Å². The third-order valence-corrected chi connectivity index (χ3v) is 4.94. The van der Waals surface area contributed by atoms with E-state index in [1.165, 1.54) is 5.56 Å². The van der Waals surface area contributed by atoms with Gasteiger partial charge in [-0.05, 0) is 48.1 Å². The normalized spacial score (nSPS) is 20.9. The minimum atomic E-state index is -0.334. The SMILES string of the molecule is Cc1ccc(/C=c2\[nH]c(=O)/c(=C/C3N=CNC3C(C)(C)C)[nH]c2=O)cc1C. The molecule has 0 saturated carbocycles. The molecular weight excluding hydrogens is 340 g/mol. The van der Waals surface area contributed by atoms with Gasteiger partial charge in [0.15, 0.2) is 0 Å². The zero-order valence-electron chi connectivity index (χ0n) is 16.4. The van der Waals surface area contributed by atoms with Crippen LogP contribution in [0.5, 0.6) is 0 Å². The van der Waals surface area contributed by atoms with E-state index in [4.69, 9.17) is 0 Å². The van der Waals surface area contributed by atoms with Crippen LogP contribution in [0.15, 0.2) is 32.8 Å². The van der Waals surface area contributed by atoms with Crippen molar-refractivity contribution in [2.75, 3.05) is 0 Å². The monoisotopic (exact) mass is 366 g/mol. The summed E-state index contributed by atoms with van der Waals surface area (Å²) in [5.74, 6) is 0. The predicted molar refractivity (Wildman–Crippen MR) is 110 cm³/mol. The Morgan fingerprint density at radius 2 is 1.67 bits per heavy atom. The zero-order valence-corrected chi connectivity index (χ0v) is 16.4. The first-order valence-electron chi connectivity index (χ1n) is 9.06. The molecule has 6 nitrogen and oxygen atoms in total. The maximum absolute atomic E-state index is 12.5. The molecule has 1 aliphatic rings. The molecule has 0 amide bonds. The number of aliphatic imine (C=N–C) groups is 1. The fourth-order valence-corrected chi connectivity index (χ4v) is 3.20. The van der Waals surface area contributed by atoms with E-state index in [9.17, 15) is 9.59 Å². The number of nitrogens with zero attached hydrogens (tertiary/aromatic N) is 1. The van der Waals surface area contributed by atoms with Gasteiger partial charge < -0.3 is 15.3 Å². The molecule has 142 valence electrons. The maximum atomic E-state index is 12.5. The number of aryl methyl sites for hydroxylation is 2. The van der Waals surface area contributed by atoms with Crippen LogP contribution in [0, 0.1) is 19.3 Å². The lowest BCUT2D eigenvalue weighted by Crippen LogP contribution is -2.49. The molecule has 1 aromatic heterocycles. The average molecular weight is 366 g/mol. The number of hydrogen-bond acceptors (Lipinski definition) is 4. The Balaban J connectivity index is 2.04. The van der Waals surface area contributed by atoms with Crippen LogP contribution in [0.1, 0.15) is 37.5 Å². The van der Waals surface area contributed by atoms with Crippen molar-refractivity contribution in [1.29, 1.82) is 0 Å². The second-order valence-corrected chi connectivity index (χ2v) is 8.17. The van der Waals surface area contributed by atoms with Crippen molar-refractivity contribution in [3.8, 4) is 0 Å². The number of hydrogen-bond donors (Lipinski definition) is 3. The van der Waals surface area contributed by atoms with Crippen LogP contribution < -0.4 is 27.1 Å². The van der Waals surface area contributed by atoms with Gasteiger partial charge in [-0.1, -0.05) is 39.0 Å². The lowest BCUT2D eigenvalue weighted by Gasteiger charge is -2.29. The number of nitrogens with one attached hydrogen (secondary N) is 3. The number of aromatic nitrogens is 2. The minimum absolute atomic E-state index is 0.0399. The van der Waals surface area contributed by atoms with Gasteiger partial charge >= 0.3 is 0 Å². The first-order chi connectivity index (χ1) is 12.6. The smallest absolute Gasteiger partial charge is 0.272 e. The quantitative estimate of drug-likeness (QED) is 0.731. The molecule has 0 saturated heterocycles. The molecule has 0 aliphatic carbocycles. The van der Waals surface area contributed by atoms with Gasteiger partial charge in [0.1, 0.15) is 10.7 Å². The predicted octanol–water partition coefficient (Wildman–Crippen LogP) is 0.704. The highest BCUT2D eigenvalue weighted by molar-refractivity contribution is 5.61. The molecule has 1 aromatic carbocycles. The van der Waals surface area contributed by atoms with E-state index < -0.39 is 0 Å². The number of benzene rings is 1. The third kappa shape index (κ3) is 4.10. The Bertz CT molecular complexity index is 1120. The Morgan fingerprint density at radius 1 is 1.00 bits per heavy atom. The standard InChI is InChI=1S/C21H26N4O2/c1-12-6-7-14(8-13(12)2)9-16-19(26)25-17(20(27)24-16)10-15-18(21(3,4)5)23-11-22-15/h6-11,15,18H,1-5H3,(H,22,23)(H,24,27)(H,25,26)/b16-9-,17-10-. The lowest BCUT2D eigenvalue weighted by molar-refractivity contribution is 0.297. The van der Waals surface area contributed by atoms with Gasteiger partial charge in [-0.15, -0.1) is 0 Å². The molecule has 2 atom stereocenters. The molecule has 3 N–H and O–H groups in total. The highest BCUT2D eigenvalue weighted by Gasteiger charge is 2.32. The van der Waals surface area contributed by atoms with Crippen LogP contribution in [0.4, 0.5) is 0 Å². The molecule has 0 radical (unpaired) electrons. The third-order valence-electron chi connectivity index (χ3n) is 4.94. The summed E-state index contributed by atoms with van der Waals surface area (Å²) in [7, 11) is 0. The molecule has 2 heterocycles. The highest BCUT2D eigenvalue weighted by atomic mass is 16.1. The van der Waals surface area contributed by atoms with Crippen LogP contribution in [0.25, 0.3) is 12.2 Å². The number of H-pyrrole nitrogens is 2. The van der Waals surface area contributed by atoms with E-state index in [2.05, 4.69) is 41.0 Å². The molecular formula is C21H26N4O2. The van der Waals surface area contributed by atoms with Crippen LogP contribution in [0.3, 0.4) is 0 Å². The largest absolute Gasteiger partial charge is 0.371 e. The van der Waals surface area contributed by atoms with E-state index in [0.29, 0.717) is 0 Å². The summed E-state index contributed by atoms with van der Waals surface area (Å²) in [5.41, 5.74) is 2.47. The highest BCUT2D eigenvalue weighted by Crippen LogP contribution is 2.25. The van der Waals surface area contributed by atoms with Crippen molar-refractivity contribution in [1.82, 2.24) is 15.3 Å². The van der Waals surface area contributed by atoms with Gasteiger partial charge in [-0.25, -0.2) is 0 Å². The molecule has 1 aliphatic heterocycles. The van der Waals surface area contributed by atoms with Crippen molar-refractivity contribution in [3.05, 3.63) is 66.3 Å². The van der Waals surface area contributed by atoms with Gasteiger partial charge in [0.2, 0.25) is 0 Å². The summed E-state index contributed by atoms with van der Waals surface area (Å²) >= 11 is 0.